The van der Waals surface area contributed by atoms with Crippen LogP contribution in [0.15, 0.2) is 65.7 Å². The van der Waals surface area contributed by atoms with Crippen LogP contribution < -0.4 is 33.2 Å². The number of aliphatic imine (C=N–C) groups is 1. The first kappa shape index (κ1) is 33.2. The van der Waals surface area contributed by atoms with E-state index in [1.54, 1.807) is 60.7 Å². The lowest BCUT2D eigenvalue weighted by Gasteiger charge is -2.25. The highest BCUT2D eigenvalue weighted by Gasteiger charge is 2.31. The number of guanidine groups is 1. The number of carbonyl (C=O) groups excluding carboxylic acids is 3. The number of carboxylic acids is 2. The first-order valence-corrected chi connectivity index (χ1v) is 13.2. The summed E-state index contributed by atoms with van der Waals surface area (Å²) >= 11 is 0. The summed E-state index contributed by atoms with van der Waals surface area (Å²) in [6.07, 6.45) is -0.319. The van der Waals surface area contributed by atoms with E-state index in [-0.39, 0.29) is 31.8 Å². The Labute approximate surface area is 242 Å². The van der Waals surface area contributed by atoms with Gasteiger partial charge in [-0.1, -0.05) is 60.7 Å². The van der Waals surface area contributed by atoms with Gasteiger partial charge in [-0.2, -0.15) is 0 Å². The Bertz CT molecular complexity index is 1240. The fourth-order valence-corrected chi connectivity index (χ4v) is 3.97. The number of benzene rings is 2. The maximum absolute atomic E-state index is 13.3. The summed E-state index contributed by atoms with van der Waals surface area (Å²) in [4.78, 5) is 66.4. The monoisotopic (exact) mass is 583 g/mol. The van der Waals surface area contributed by atoms with Gasteiger partial charge >= 0.3 is 11.9 Å². The zero-order chi connectivity index (χ0) is 31.1. The molecule has 14 heteroatoms. The minimum absolute atomic E-state index is 0.00726. The average Bonchev–Trinajstić information content (AvgIpc) is 2.94. The molecule has 42 heavy (non-hydrogen) atoms. The molecular weight excluding hydrogens is 546 g/mol. The Balaban J connectivity index is 2.19. The van der Waals surface area contributed by atoms with Crippen LogP contribution in [0.5, 0.6) is 0 Å². The zero-order valence-electron chi connectivity index (χ0n) is 22.9. The Morgan fingerprint density at radius 1 is 0.714 bits per heavy atom. The summed E-state index contributed by atoms with van der Waals surface area (Å²) in [6.45, 7) is 0.222. The third kappa shape index (κ3) is 12.0. The number of carboxylic acid groups (broad SMARTS) is 2. The average molecular weight is 584 g/mol. The number of rotatable bonds is 17. The smallest absolute Gasteiger partial charge is 0.326 e. The van der Waals surface area contributed by atoms with Crippen LogP contribution in [0, 0.1) is 0 Å². The molecule has 0 radical (unpaired) electrons. The fraction of sp³-hybridized carbons (Fsp3) is 0.357. The number of carbonyl (C=O) groups is 5. The number of aliphatic carboxylic acids is 2. The van der Waals surface area contributed by atoms with Gasteiger partial charge in [0.05, 0.1) is 12.5 Å². The molecule has 0 spiro atoms. The van der Waals surface area contributed by atoms with Crippen LogP contribution in [0.1, 0.15) is 30.4 Å². The lowest BCUT2D eigenvalue weighted by atomic mass is 10.0. The van der Waals surface area contributed by atoms with Gasteiger partial charge in [-0.05, 0) is 24.0 Å². The highest BCUT2D eigenvalue weighted by molar-refractivity contribution is 5.95. The summed E-state index contributed by atoms with van der Waals surface area (Å²) in [5, 5.41) is 26.4. The number of amides is 3. The number of nitrogens with two attached hydrogens (primary N) is 3. The van der Waals surface area contributed by atoms with E-state index >= 15 is 0 Å². The molecule has 226 valence electrons. The molecule has 4 unspecified atom stereocenters. The van der Waals surface area contributed by atoms with Crippen LogP contribution >= 0.6 is 0 Å². The number of nitrogens with one attached hydrogen (secondary N) is 3. The first-order valence-electron chi connectivity index (χ1n) is 13.2. The quantitative estimate of drug-likeness (QED) is 0.0631. The topological polar surface area (TPSA) is 252 Å². The zero-order valence-corrected chi connectivity index (χ0v) is 22.9. The van der Waals surface area contributed by atoms with Crippen molar-refractivity contribution in [3.8, 4) is 0 Å². The molecule has 0 heterocycles. The van der Waals surface area contributed by atoms with Crippen molar-refractivity contribution in [3.63, 3.8) is 0 Å². The molecule has 0 aliphatic heterocycles. The van der Waals surface area contributed by atoms with Crippen molar-refractivity contribution in [2.45, 2.75) is 56.3 Å². The van der Waals surface area contributed by atoms with Crippen molar-refractivity contribution < 1.29 is 34.2 Å². The van der Waals surface area contributed by atoms with Crippen LogP contribution in [0.4, 0.5) is 0 Å². The molecule has 11 N–H and O–H groups in total. The highest BCUT2D eigenvalue weighted by Crippen LogP contribution is 2.08. The summed E-state index contributed by atoms with van der Waals surface area (Å²) in [7, 11) is 0. The molecular formula is C28H37N7O7. The minimum Gasteiger partial charge on any atom is -0.481 e. The molecule has 3 amide bonds. The Kier molecular flexibility index (Phi) is 13.4. The highest BCUT2D eigenvalue weighted by atomic mass is 16.4. The third-order valence-corrected chi connectivity index (χ3v) is 6.13. The van der Waals surface area contributed by atoms with Crippen LogP contribution in [0.3, 0.4) is 0 Å². The van der Waals surface area contributed by atoms with Crippen LogP contribution in [-0.2, 0) is 36.8 Å². The molecule has 0 fully saturated rings. The molecule has 0 bridgehead atoms. The third-order valence-electron chi connectivity index (χ3n) is 6.13. The molecule has 0 saturated heterocycles. The van der Waals surface area contributed by atoms with Gasteiger partial charge in [0.15, 0.2) is 5.96 Å². The normalized spacial score (nSPS) is 13.5. The van der Waals surface area contributed by atoms with Crippen LogP contribution in [0.2, 0.25) is 0 Å². The Hall–Kier alpha value is -4.98. The van der Waals surface area contributed by atoms with E-state index < -0.39 is 60.2 Å². The standard InChI is InChI=1S/C28H37N7O7/c29-19(12-7-13-32-28(30)31)24(38)33-21(16-23(36)37)26(40)34-20(14-17-8-3-1-4-9-17)25(39)35-22(27(41)42)15-18-10-5-2-6-11-18/h1-6,8-11,19-22H,7,12-16,29H2,(H,33,38)(H,34,40)(H,35,39)(H,36,37)(H,41,42)(H4,30,31,32). The second-order valence-corrected chi connectivity index (χ2v) is 9.55. The summed E-state index contributed by atoms with van der Waals surface area (Å²) < 4.78 is 0. The van der Waals surface area contributed by atoms with Crippen molar-refractivity contribution in [2.75, 3.05) is 6.54 Å². The maximum Gasteiger partial charge on any atom is 0.326 e. The molecule has 0 aromatic heterocycles. The van der Waals surface area contributed by atoms with Gasteiger partial charge in [-0.15, -0.1) is 0 Å². The number of nitrogens with zero attached hydrogens (tertiary/aromatic N) is 1. The van der Waals surface area contributed by atoms with Crippen LogP contribution in [-0.4, -0.2) is 76.5 Å². The summed E-state index contributed by atoms with van der Waals surface area (Å²) in [5.74, 6) is -5.30. The lowest BCUT2D eigenvalue weighted by molar-refractivity contribution is -0.143. The molecule has 2 aromatic carbocycles. The second kappa shape index (κ2) is 17.0. The summed E-state index contributed by atoms with van der Waals surface area (Å²) in [6, 6.07) is 12.1. The van der Waals surface area contributed by atoms with Crippen LogP contribution in [0.25, 0.3) is 0 Å². The molecule has 4 atom stereocenters. The molecule has 2 aromatic rings. The van der Waals surface area contributed by atoms with E-state index in [1.807, 2.05) is 0 Å². The first-order chi connectivity index (χ1) is 20.0. The number of hydrogen-bond donors (Lipinski definition) is 8. The largest absolute Gasteiger partial charge is 0.481 e. The molecule has 0 aliphatic rings. The Morgan fingerprint density at radius 3 is 1.69 bits per heavy atom. The second-order valence-electron chi connectivity index (χ2n) is 9.55. The van der Waals surface area contributed by atoms with E-state index in [4.69, 9.17) is 17.2 Å². The van der Waals surface area contributed by atoms with E-state index in [2.05, 4.69) is 20.9 Å². The van der Waals surface area contributed by atoms with Crippen molar-refractivity contribution in [1.82, 2.24) is 16.0 Å². The van der Waals surface area contributed by atoms with Crippen molar-refractivity contribution >= 4 is 35.6 Å². The van der Waals surface area contributed by atoms with Gasteiger partial charge in [-0.25, -0.2) is 4.79 Å². The van der Waals surface area contributed by atoms with Crippen molar-refractivity contribution in [1.29, 1.82) is 0 Å². The molecule has 2 rings (SSSR count). The van der Waals surface area contributed by atoms with Crippen molar-refractivity contribution in [3.05, 3.63) is 71.8 Å². The van der Waals surface area contributed by atoms with E-state index in [1.165, 1.54) is 0 Å². The molecule has 0 saturated carbocycles. The Morgan fingerprint density at radius 2 is 1.19 bits per heavy atom. The maximum atomic E-state index is 13.3. The minimum atomic E-state index is -1.57. The lowest BCUT2D eigenvalue weighted by Crippen LogP contribution is -2.58. The van der Waals surface area contributed by atoms with E-state index in [9.17, 15) is 34.2 Å². The van der Waals surface area contributed by atoms with Gasteiger partial charge < -0.3 is 43.4 Å². The molecule has 14 nitrogen and oxygen atoms in total. The number of hydrogen-bond acceptors (Lipinski definition) is 7. The van der Waals surface area contributed by atoms with Gasteiger partial charge in [-0.3, -0.25) is 24.2 Å². The predicted molar refractivity (Wildman–Crippen MR) is 154 cm³/mol. The SMILES string of the molecule is NC(N)=NCCCC(N)C(=O)NC(CC(=O)O)C(=O)NC(Cc1ccccc1)C(=O)NC(Cc1ccccc1)C(=O)O. The van der Waals surface area contributed by atoms with Crippen molar-refractivity contribution in [2.24, 2.45) is 22.2 Å². The fourth-order valence-electron chi connectivity index (χ4n) is 3.97. The van der Waals surface area contributed by atoms with Gasteiger partial charge in [0.2, 0.25) is 17.7 Å². The van der Waals surface area contributed by atoms with E-state index in [0.717, 1.165) is 0 Å². The van der Waals surface area contributed by atoms with E-state index in [0.29, 0.717) is 17.5 Å². The van der Waals surface area contributed by atoms with Gasteiger partial charge in [0.25, 0.3) is 0 Å². The predicted octanol–water partition coefficient (Wildman–Crippen LogP) is -1.13. The van der Waals surface area contributed by atoms with Gasteiger partial charge in [0.1, 0.15) is 18.1 Å². The summed E-state index contributed by atoms with van der Waals surface area (Å²) in [5.41, 5.74) is 17.7. The molecule has 0 aliphatic carbocycles. The van der Waals surface area contributed by atoms with Gasteiger partial charge in [0, 0.05) is 19.4 Å².